The summed E-state index contributed by atoms with van der Waals surface area (Å²) in [4.78, 5) is 22.9. The van der Waals surface area contributed by atoms with E-state index in [1.807, 2.05) is 0 Å². The van der Waals surface area contributed by atoms with Crippen molar-refractivity contribution in [1.29, 1.82) is 0 Å². The Balaban J connectivity index is 3.71. The van der Waals surface area contributed by atoms with E-state index in [9.17, 15) is 9.59 Å². The summed E-state index contributed by atoms with van der Waals surface area (Å²) in [6.07, 6.45) is 5.10. The van der Waals surface area contributed by atoms with E-state index in [0.29, 0.717) is 5.69 Å². The number of terminal acetylenes is 1. The van der Waals surface area contributed by atoms with Gasteiger partial charge in [-0.25, -0.2) is 4.79 Å². The molecule has 1 aromatic heterocycles. The highest BCUT2D eigenvalue weighted by Crippen LogP contribution is 1.99. The molecular weight excluding hydrogens is 182 g/mol. The second-order valence-electron chi connectivity index (χ2n) is 2.94. The number of hydrogen-bond donors (Lipinski definition) is 1. The molecule has 5 heteroatoms. The van der Waals surface area contributed by atoms with Crippen molar-refractivity contribution in [3.63, 3.8) is 0 Å². The largest absolute Gasteiger partial charge is 0.393 e. The smallest absolute Gasteiger partial charge is 0.331 e. The first-order valence-corrected chi connectivity index (χ1v) is 4.00. The van der Waals surface area contributed by atoms with Crippen LogP contribution >= 0.6 is 0 Å². The topological polar surface area (TPSA) is 70.0 Å². The molecule has 0 amide bonds. The molecule has 1 rings (SSSR count). The maximum atomic E-state index is 11.5. The predicted molar refractivity (Wildman–Crippen MR) is 53.9 cm³/mol. The molecule has 74 valence electrons. The Labute approximate surface area is 80.8 Å². The fraction of sp³-hybridized carbons (Fsp3) is 0.333. The van der Waals surface area contributed by atoms with Crippen molar-refractivity contribution < 1.29 is 0 Å². The molecule has 0 aliphatic rings. The van der Waals surface area contributed by atoms with Gasteiger partial charge in [0.1, 0.15) is 5.69 Å². The number of nitrogens with zero attached hydrogens (tertiary/aromatic N) is 2. The summed E-state index contributed by atoms with van der Waals surface area (Å²) in [5, 5.41) is 0. The minimum atomic E-state index is -0.485. The number of nitrogens with two attached hydrogens (primary N) is 1. The summed E-state index contributed by atoms with van der Waals surface area (Å²) >= 11 is 0. The molecule has 0 radical (unpaired) electrons. The molecule has 0 aliphatic heterocycles. The van der Waals surface area contributed by atoms with Crippen LogP contribution in [-0.4, -0.2) is 9.13 Å². The van der Waals surface area contributed by atoms with Gasteiger partial charge in [0.25, 0.3) is 5.56 Å². The first-order chi connectivity index (χ1) is 6.50. The van der Waals surface area contributed by atoms with Gasteiger partial charge in [-0.05, 0) is 6.92 Å². The van der Waals surface area contributed by atoms with E-state index >= 15 is 0 Å². The molecule has 1 heterocycles. The van der Waals surface area contributed by atoms with E-state index in [1.165, 1.54) is 11.6 Å². The van der Waals surface area contributed by atoms with Crippen LogP contribution in [0.1, 0.15) is 5.69 Å². The molecule has 2 N–H and O–H groups in total. The summed E-state index contributed by atoms with van der Waals surface area (Å²) in [6.45, 7) is 1.71. The van der Waals surface area contributed by atoms with Crippen molar-refractivity contribution in [2.24, 2.45) is 7.05 Å². The summed E-state index contributed by atoms with van der Waals surface area (Å²) in [7, 11) is 1.37. The molecule has 0 atom stereocenters. The Bertz CT molecular complexity index is 517. The zero-order valence-electron chi connectivity index (χ0n) is 8.07. The number of hydrogen-bond acceptors (Lipinski definition) is 3. The molecule has 0 fully saturated rings. The lowest BCUT2D eigenvalue weighted by Crippen LogP contribution is -2.40. The average Bonchev–Trinajstić information content (AvgIpc) is 2.19. The van der Waals surface area contributed by atoms with Gasteiger partial charge in [0.2, 0.25) is 0 Å². The van der Waals surface area contributed by atoms with Crippen molar-refractivity contribution in [2.75, 3.05) is 5.73 Å². The van der Waals surface area contributed by atoms with Crippen LogP contribution in [0.15, 0.2) is 9.59 Å². The van der Waals surface area contributed by atoms with E-state index in [-0.39, 0.29) is 12.2 Å². The highest BCUT2D eigenvalue weighted by atomic mass is 16.2. The SMILES string of the molecule is C#CCn1c(C)c(N)c(=O)n(C)c1=O. The summed E-state index contributed by atoms with van der Waals surface area (Å²) in [5.41, 5.74) is 5.06. The van der Waals surface area contributed by atoms with E-state index in [0.717, 1.165) is 4.57 Å². The fourth-order valence-corrected chi connectivity index (χ4v) is 1.17. The van der Waals surface area contributed by atoms with Crippen molar-refractivity contribution in [2.45, 2.75) is 13.5 Å². The van der Waals surface area contributed by atoms with Crippen LogP contribution in [0.4, 0.5) is 5.69 Å². The second-order valence-corrected chi connectivity index (χ2v) is 2.94. The Hall–Kier alpha value is -1.96. The molecule has 0 aromatic carbocycles. The van der Waals surface area contributed by atoms with Crippen LogP contribution in [0.2, 0.25) is 0 Å². The van der Waals surface area contributed by atoms with Crippen molar-refractivity contribution >= 4 is 5.69 Å². The van der Waals surface area contributed by atoms with Crippen molar-refractivity contribution in [1.82, 2.24) is 9.13 Å². The second kappa shape index (κ2) is 3.42. The van der Waals surface area contributed by atoms with E-state index in [4.69, 9.17) is 12.2 Å². The van der Waals surface area contributed by atoms with Gasteiger partial charge >= 0.3 is 5.69 Å². The number of rotatable bonds is 1. The number of aromatic nitrogens is 2. The van der Waals surface area contributed by atoms with Gasteiger partial charge < -0.3 is 5.73 Å². The lowest BCUT2D eigenvalue weighted by molar-refractivity contribution is 0.647. The Morgan fingerprint density at radius 2 is 2.07 bits per heavy atom. The monoisotopic (exact) mass is 193 g/mol. The Morgan fingerprint density at radius 3 is 2.57 bits per heavy atom. The first-order valence-electron chi connectivity index (χ1n) is 4.00. The summed E-state index contributed by atoms with van der Waals surface area (Å²) in [5.74, 6) is 2.33. The zero-order valence-corrected chi connectivity index (χ0v) is 8.07. The third-order valence-corrected chi connectivity index (χ3v) is 2.10. The summed E-state index contributed by atoms with van der Waals surface area (Å²) in [6, 6.07) is 0. The molecule has 1 aromatic rings. The first kappa shape index (κ1) is 10.1. The number of nitrogen functional groups attached to an aromatic ring is 1. The highest BCUT2D eigenvalue weighted by molar-refractivity contribution is 5.39. The molecule has 0 saturated heterocycles. The molecular formula is C9H11N3O2. The van der Waals surface area contributed by atoms with Gasteiger partial charge in [-0.2, -0.15) is 0 Å². The quantitative estimate of drug-likeness (QED) is 0.586. The van der Waals surface area contributed by atoms with Gasteiger partial charge in [0, 0.05) is 12.7 Å². The third kappa shape index (κ3) is 1.31. The average molecular weight is 193 g/mol. The Morgan fingerprint density at radius 1 is 1.50 bits per heavy atom. The Kier molecular flexibility index (Phi) is 2.47. The maximum Gasteiger partial charge on any atom is 0.331 e. The van der Waals surface area contributed by atoms with Gasteiger partial charge in [-0.1, -0.05) is 5.92 Å². The lowest BCUT2D eigenvalue weighted by Gasteiger charge is -2.10. The van der Waals surface area contributed by atoms with Crippen LogP contribution in [0, 0.1) is 19.3 Å². The van der Waals surface area contributed by atoms with Crippen LogP contribution in [0.25, 0.3) is 0 Å². The van der Waals surface area contributed by atoms with Crippen LogP contribution < -0.4 is 17.0 Å². The third-order valence-electron chi connectivity index (χ3n) is 2.10. The van der Waals surface area contributed by atoms with Crippen molar-refractivity contribution in [3.8, 4) is 12.3 Å². The van der Waals surface area contributed by atoms with Crippen LogP contribution in [0.3, 0.4) is 0 Å². The maximum absolute atomic E-state index is 11.5. The predicted octanol–water partition coefficient (Wildman–Crippen LogP) is -0.929. The minimum Gasteiger partial charge on any atom is -0.393 e. The van der Waals surface area contributed by atoms with Gasteiger partial charge in [0.15, 0.2) is 0 Å². The molecule has 0 aliphatic carbocycles. The standard InChI is InChI=1S/C9H11N3O2/c1-4-5-12-6(2)7(10)8(13)11(3)9(12)14/h1H,5,10H2,2-3H3. The normalized spacial score (nSPS) is 9.79. The van der Waals surface area contributed by atoms with E-state index in [1.54, 1.807) is 6.92 Å². The molecule has 14 heavy (non-hydrogen) atoms. The zero-order chi connectivity index (χ0) is 10.9. The van der Waals surface area contributed by atoms with E-state index in [2.05, 4.69) is 5.92 Å². The molecule has 0 saturated carbocycles. The summed E-state index contributed by atoms with van der Waals surface area (Å²) < 4.78 is 2.23. The highest BCUT2D eigenvalue weighted by Gasteiger charge is 2.09. The number of anilines is 1. The molecule has 0 unspecified atom stereocenters. The van der Waals surface area contributed by atoms with Crippen LogP contribution in [0.5, 0.6) is 0 Å². The van der Waals surface area contributed by atoms with Gasteiger partial charge in [-0.15, -0.1) is 6.42 Å². The van der Waals surface area contributed by atoms with Gasteiger partial charge in [0.05, 0.1) is 6.54 Å². The lowest BCUT2D eigenvalue weighted by atomic mass is 10.3. The molecule has 0 bridgehead atoms. The van der Waals surface area contributed by atoms with Crippen LogP contribution in [-0.2, 0) is 13.6 Å². The molecule has 0 spiro atoms. The van der Waals surface area contributed by atoms with Crippen molar-refractivity contribution in [3.05, 3.63) is 26.5 Å². The fourth-order valence-electron chi connectivity index (χ4n) is 1.17. The van der Waals surface area contributed by atoms with E-state index < -0.39 is 11.2 Å². The van der Waals surface area contributed by atoms with Gasteiger partial charge in [-0.3, -0.25) is 13.9 Å². The minimum absolute atomic E-state index is 0.0577. The molecule has 5 nitrogen and oxygen atoms in total.